The minimum atomic E-state index is -0.331. The molecule has 0 unspecified atom stereocenters. The molecule has 0 heterocycles. The van der Waals surface area contributed by atoms with Crippen molar-refractivity contribution in [1.82, 2.24) is 0 Å². The number of carbonyl (C=O) groups is 1. The molecular weight excluding hydrogens is 384 g/mol. The highest BCUT2D eigenvalue weighted by atomic mass is 16.6. The Hall–Kier alpha value is -0.830. The third-order valence-corrected chi connectivity index (χ3v) is 5.95. The molecule has 0 aromatic rings. The first-order valence-corrected chi connectivity index (χ1v) is 13.6. The average molecular weight is 439 g/mol. The molecule has 0 aromatic heterocycles. The number of hydrogen-bond donors (Lipinski definition) is 0. The van der Waals surface area contributed by atoms with Gasteiger partial charge < -0.3 is 9.47 Å². The normalized spacial score (nSPS) is 11.0. The van der Waals surface area contributed by atoms with Gasteiger partial charge in [-0.3, -0.25) is 0 Å². The summed E-state index contributed by atoms with van der Waals surface area (Å²) in [6.07, 6.45) is 28.0. The number of rotatable bonds is 25. The molecule has 3 nitrogen and oxygen atoms in total. The van der Waals surface area contributed by atoms with Gasteiger partial charge in [-0.05, 0) is 13.3 Å². The van der Waals surface area contributed by atoms with Gasteiger partial charge in [-0.2, -0.15) is 0 Å². The Morgan fingerprint density at radius 1 is 0.548 bits per heavy atom. The van der Waals surface area contributed by atoms with Crippen LogP contribution in [0.1, 0.15) is 142 Å². The SMILES string of the molecule is C=C(C)C(=O)OCCOCCCCCCCCCCCCCCCCCCCCCC. The van der Waals surface area contributed by atoms with Crippen molar-refractivity contribution >= 4 is 5.97 Å². The van der Waals surface area contributed by atoms with Crippen molar-refractivity contribution in [3.05, 3.63) is 12.2 Å². The van der Waals surface area contributed by atoms with Crippen molar-refractivity contribution in [1.29, 1.82) is 0 Å². The second kappa shape index (κ2) is 25.4. The summed E-state index contributed by atoms with van der Waals surface area (Å²) in [4.78, 5) is 11.2. The van der Waals surface area contributed by atoms with Crippen molar-refractivity contribution in [3.8, 4) is 0 Å². The highest BCUT2D eigenvalue weighted by molar-refractivity contribution is 5.86. The maximum absolute atomic E-state index is 11.2. The van der Waals surface area contributed by atoms with Gasteiger partial charge in [0.05, 0.1) is 6.61 Å². The van der Waals surface area contributed by atoms with E-state index in [4.69, 9.17) is 9.47 Å². The smallest absolute Gasteiger partial charge is 0.333 e. The van der Waals surface area contributed by atoms with Crippen molar-refractivity contribution < 1.29 is 14.3 Å². The molecule has 0 aromatic carbocycles. The van der Waals surface area contributed by atoms with Crippen LogP contribution in [0.2, 0.25) is 0 Å². The number of esters is 1. The average Bonchev–Trinajstić information content (AvgIpc) is 2.76. The zero-order chi connectivity index (χ0) is 22.8. The quantitative estimate of drug-likeness (QED) is 0.0810. The van der Waals surface area contributed by atoms with E-state index in [-0.39, 0.29) is 5.97 Å². The molecule has 3 heteroatoms. The van der Waals surface area contributed by atoms with Gasteiger partial charge >= 0.3 is 5.97 Å². The van der Waals surface area contributed by atoms with Crippen LogP contribution in [-0.2, 0) is 14.3 Å². The van der Waals surface area contributed by atoms with Crippen LogP contribution in [0.3, 0.4) is 0 Å². The zero-order valence-electron chi connectivity index (χ0n) is 21.2. The van der Waals surface area contributed by atoms with E-state index in [9.17, 15) is 4.79 Å². The maximum atomic E-state index is 11.2. The van der Waals surface area contributed by atoms with Crippen LogP contribution >= 0.6 is 0 Å². The van der Waals surface area contributed by atoms with Gasteiger partial charge in [-0.25, -0.2) is 4.79 Å². The van der Waals surface area contributed by atoms with Gasteiger partial charge in [-0.1, -0.05) is 135 Å². The molecule has 0 fully saturated rings. The second-order valence-corrected chi connectivity index (χ2v) is 9.25. The molecule has 0 amide bonds. The van der Waals surface area contributed by atoms with E-state index in [0.29, 0.717) is 18.8 Å². The molecule has 31 heavy (non-hydrogen) atoms. The lowest BCUT2D eigenvalue weighted by atomic mass is 10.0. The van der Waals surface area contributed by atoms with E-state index in [2.05, 4.69) is 13.5 Å². The first-order chi connectivity index (χ1) is 15.2. The molecule has 0 aliphatic heterocycles. The van der Waals surface area contributed by atoms with Gasteiger partial charge in [0.15, 0.2) is 0 Å². The molecule has 184 valence electrons. The number of ether oxygens (including phenoxy) is 2. The van der Waals surface area contributed by atoms with E-state index in [1.54, 1.807) is 6.92 Å². The van der Waals surface area contributed by atoms with Crippen molar-refractivity contribution in [2.45, 2.75) is 142 Å². The first-order valence-electron chi connectivity index (χ1n) is 13.6. The van der Waals surface area contributed by atoms with Crippen LogP contribution in [0.4, 0.5) is 0 Å². The van der Waals surface area contributed by atoms with Crippen LogP contribution in [0.5, 0.6) is 0 Å². The standard InChI is InChI=1S/C28H54O3/c1-4-5-6-7-8-9-10-11-12-13-14-15-16-17-18-19-20-21-22-23-24-30-25-26-31-28(29)27(2)3/h2,4-26H2,1,3H3. The van der Waals surface area contributed by atoms with Gasteiger partial charge in [-0.15, -0.1) is 0 Å². The molecule has 0 saturated heterocycles. The van der Waals surface area contributed by atoms with Gasteiger partial charge in [0, 0.05) is 12.2 Å². The molecule has 0 bridgehead atoms. The fourth-order valence-electron chi connectivity index (χ4n) is 3.88. The van der Waals surface area contributed by atoms with Crippen LogP contribution in [-0.4, -0.2) is 25.8 Å². The maximum Gasteiger partial charge on any atom is 0.333 e. The minimum absolute atomic E-state index is 0.324. The van der Waals surface area contributed by atoms with Crippen molar-refractivity contribution in [2.75, 3.05) is 19.8 Å². The summed E-state index contributed by atoms with van der Waals surface area (Å²) < 4.78 is 10.5. The lowest BCUT2D eigenvalue weighted by Gasteiger charge is -2.06. The Kier molecular flexibility index (Phi) is 24.7. The van der Waals surface area contributed by atoms with Gasteiger partial charge in [0.25, 0.3) is 0 Å². The van der Waals surface area contributed by atoms with E-state index in [0.717, 1.165) is 13.0 Å². The Balaban J connectivity index is 3.05. The number of carbonyl (C=O) groups excluding carboxylic acids is 1. The molecule has 0 aliphatic rings. The van der Waals surface area contributed by atoms with Crippen molar-refractivity contribution in [3.63, 3.8) is 0 Å². The molecule has 0 saturated carbocycles. The molecule has 0 aliphatic carbocycles. The predicted octanol–water partition coefficient (Wildman–Crippen LogP) is 8.94. The molecule has 0 atom stereocenters. The Bertz CT molecular complexity index is 392. The van der Waals surface area contributed by atoms with Crippen molar-refractivity contribution in [2.24, 2.45) is 0 Å². The Labute approximate surface area is 194 Å². The molecule has 0 spiro atoms. The minimum Gasteiger partial charge on any atom is -0.460 e. The predicted molar refractivity (Wildman–Crippen MR) is 135 cm³/mol. The largest absolute Gasteiger partial charge is 0.460 e. The van der Waals surface area contributed by atoms with Crippen LogP contribution in [0.15, 0.2) is 12.2 Å². The summed E-state index contributed by atoms with van der Waals surface area (Å²) in [7, 11) is 0. The number of hydrogen-bond acceptors (Lipinski definition) is 3. The lowest BCUT2D eigenvalue weighted by molar-refractivity contribution is -0.140. The van der Waals surface area contributed by atoms with Crippen LogP contribution in [0.25, 0.3) is 0 Å². The lowest BCUT2D eigenvalue weighted by Crippen LogP contribution is -2.11. The van der Waals surface area contributed by atoms with E-state index < -0.39 is 0 Å². The third kappa shape index (κ3) is 25.3. The van der Waals surface area contributed by atoms with Gasteiger partial charge in [0.1, 0.15) is 6.61 Å². The summed E-state index contributed by atoms with van der Waals surface area (Å²) in [5.41, 5.74) is 0.439. The van der Waals surface area contributed by atoms with Gasteiger partial charge in [0.2, 0.25) is 0 Å². The summed E-state index contributed by atoms with van der Waals surface area (Å²) in [6, 6.07) is 0. The molecular formula is C28H54O3. The third-order valence-electron chi connectivity index (χ3n) is 5.95. The van der Waals surface area contributed by atoms with E-state index >= 15 is 0 Å². The molecule has 0 radical (unpaired) electrons. The Morgan fingerprint density at radius 3 is 1.26 bits per heavy atom. The summed E-state index contributed by atoms with van der Waals surface area (Å²) in [5, 5.41) is 0. The molecule has 0 N–H and O–H groups in total. The topological polar surface area (TPSA) is 35.5 Å². The fourth-order valence-corrected chi connectivity index (χ4v) is 3.88. The van der Waals surface area contributed by atoms with Crippen LogP contribution < -0.4 is 0 Å². The van der Waals surface area contributed by atoms with Crippen LogP contribution in [0, 0.1) is 0 Å². The monoisotopic (exact) mass is 438 g/mol. The summed E-state index contributed by atoms with van der Waals surface area (Å²) in [5.74, 6) is -0.331. The van der Waals surface area contributed by atoms with E-state index in [1.807, 2.05) is 0 Å². The highest BCUT2D eigenvalue weighted by Crippen LogP contribution is 2.14. The fraction of sp³-hybridized carbons (Fsp3) is 0.893. The number of unbranched alkanes of at least 4 members (excludes halogenated alkanes) is 19. The molecule has 0 rings (SSSR count). The first kappa shape index (κ1) is 30.2. The summed E-state index contributed by atoms with van der Waals surface area (Å²) >= 11 is 0. The zero-order valence-corrected chi connectivity index (χ0v) is 21.2. The Morgan fingerprint density at radius 2 is 0.903 bits per heavy atom. The highest BCUT2D eigenvalue weighted by Gasteiger charge is 2.01. The van der Waals surface area contributed by atoms with E-state index in [1.165, 1.54) is 122 Å². The summed E-state index contributed by atoms with van der Waals surface area (Å²) in [6.45, 7) is 9.07. The second-order valence-electron chi connectivity index (χ2n) is 9.25.